The van der Waals surface area contributed by atoms with Crippen LogP contribution in [0.25, 0.3) is 0 Å². The molecule has 0 aromatic carbocycles. The van der Waals surface area contributed by atoms with Crippen molar-refractivity contribution < 1.29 is 4.79 Å². The van der Waals surface area contributed by atoms with Gasteiger partial charge in [0.05, 0.1) is 12.2 Å². The summed E-state index contributed by atoms with van der Waals surface area (Å²) < 4.78 is 1.81. The van der Waals surface area contributed by atoms with Gasteiger partial charge in [-0.15, -0.1) is 0 Å². The monoisotopic (exact) mass is 398 g/mol. The Bertz CT molecular complexity index is 796. The first-order valence-corrected chi connectivity index (χ1v) is 10.1. The summed E-state index contributed by atoms with van der Waals surface area (Å²) in [5, 5.41) is 10.6. The second kappa shape index (κ2) is 10.4. The Morgan fingerprint density at radius 2 is 1.97 bits per heavy atom. The molecule has 0 unspecified atom stereocenters. The summed E-state index contributed by atoms with van der Waals surface area (Å²) in [6, 6.07) is 7.86. The molecule has 0 aliphatic carbocycles. The number of hydrogen-bond donors (Lipinski definition) is 2. The number of hydrogen-bond acceptors (Lipinski definition) is 5. The lowest BCUT2D eigenvalue weighted by Crippen LogP contribution is -2.49. The molecule has 2 N–H and O–H groups in total. The average molecular weight is 399 g/mol. The van der Waals surface area contributed by atoms with Gasteiger partial charge in [0, 0.05) is 65.1 Å². The molecule has 2 aromatic rings. The Kier molecular flexibility index (Phi) is 7.43. The van der Waals surface area contributed by atoms with Crippen LogP contribution in [0.3, 0.4) is 0 Å². The number of aliphatic imine (C=N–C) groups is 1. The van der Waals surface area contributed by atoms with Crippen molar-refractivity contribution in [1.29, 1.82) is 0 Å². The van der Waals surface area contributed by atoms with Crippen molar-refractivity contribution in [3.8, 4) is 0 Å². The summed E-state index contributed by atoms with van der Waals surface area (Å²) >= 11 is 0. The number of carbonyl (C=O) groups excluding carboxylic acids is 1. The van der Waals surface area contributed by atoms with E-state index in [4.69, 9.17) is 0 Å². The van der Waals surface area contributed by atoms with Gasteiger partial charge in [-0.3, -0.25) is 9.48 Å². The van der Waals surface area contributed by atoms with Crippen molar-refractivity contribution in [2.45, 2.75) is 19.9 Å². The molecule has 0 radical (unpaired) electrons. The molecule has 1 saturated heterocycles. The average Bonchev–Trinajstić information content (AvgIpc) is 3.17. The van der Waals surface area contributed by atoms with Gasteiger partial charge in [-0.05, 0) is 25.1 Å². The molecule has 0 bridgehead atoms. The Morgan fingerprint density at radius 1 is 1.14 bits per heavy atom. The fourth-order valence-corrected chi connectivity index (χ4v) is 3.23. The molecular formula is C20H30N8O. The number of guanidine groups is 1. The highest BCUT2D eigenvalue weighted by Crippen LogP contribution is 2.12. The zero-order valence-electron chi connectivity index (χ0n) is 17.2. The number of rotatable bonds is 7. The standard InChI is InChI=1S/C20H30N8O/c1-3-21-20(24-16-17-7-11-25-26(17)2)23-10-8-19(29)28-14-12-27(13-15-28)18-6-4-5-9-22-18/h4-7,9,11H,3,8,10,12-16H2,1-2H3,(H2,21,23,24). The Balaban J connectivity index is 1.42. The number of aryl methyl sites for hydroxylation is 1. The number of anilines is 1. The first kappa shape index (κ1) is 20.6. The van der Waals surface area contributed by atoms with Crippen LogP contribution in [0.5, 0.6) is 0 Å². The van der Waals surface area contributed by atoms with Crippen LogP contribution in [-0.2, 0) is 18.4 Å². The van der Waals surface area contributed by atoms with E-state index in [1.54, 1.807) is 17.1 Å². The zero-order valence-corrected chi connectivity index (χ0v) is 17.2. The smallest absolute Gasteiger partial charge is 0.224 e. The van der Waals surface area contributed by atoms with Crippen LogP contribution in [-0.4, -0.2) is 70.8 Å². The Hall–Kier alpha value is -3.10. The highest BCUT2D eigenvalue weighted by molar-refractivity contribution is 5.81. The molecule has 0 spiro atoms. The lowest BCUT2D eigenvalue weighted by molar-refractivity contribution is -0.131. The van der Waals surface area contributed by atoms with Crippen molar-refractivity contribution in [1.82, 2.24) is 30.3 Å². The van der Waals surface area contributed by atoms with Gasteiger partial charge in [0.2, 0.25) is 5.91 Å². The fraction of sp³-hybridized carbons (Fsp3) is 0.500. The third-order valence-corrected chi connectivity index (χ3v) is 4.90. The molecule has 3 rings (SSSR count). The van der Waals surface area contributed by atoms with E-state index >= 15 is 0 Å². The van der Waals surface area contributed by atoms with Gasteiger partial charge in [0.1, 0.15) is 5.82 Å². The highest BCUT2D eigenvalue weighted by atomic mass is 16.2. The SMILES string of the molecule is CCNC(=NCc1ccnn1C)NCCC(=O)N1CCN(c2ccccn2)CC1. The predicted molar refractivity (Wildman–Crippen MR) is 114 cm³/mol. The first-order chi connectivity index (χ1) is 14.2. The zero-order chi connectivity index (χ0) is 20.5. The number of nitrogens with zero attached hydrogens (tertiary/aromatic N) is 6. The van der Waals surface area contributed by atoms with Crippen molar-refractivity contribution in [3.05, 3.63) is 42.4 Å². The van der Waals surface area contributed by atoms with Gasteiger partial charge in [-0.25, -0.2) is 9.98 Å². The molecule has 0 atom stereocenters. The number of piperazine rings is 1. The molecule has 1 fully saturated rings. The van der Waals surface area contributed by atoms with Gasteiger partial charge < -0.3 is 20.4 Å². The summed E-state index contributed by atoms with van der Waals surface area (Å²) in [6.45, 7) is 6.95. The molecule has 9 nitrogen and oxygen atoms in total. The van der Waals surface area contributed by atoms with Crippen LogP contribution in [0.2, 0.25) is 0 Å². The van der Waals surface area contributed by atoms with E-state index in [0.717, 1.165) is 44.2 Å². The fourth-order valence-electron chi connectivity index (χ4n) is 3.23. The second-order valence-electron chi connectivity index (χ2n) is 6.87. The third kappa shape index (κ3) is 5.94. The van der Waals surface area contributed by atoms with E-state index in [1.807, 2.05) is 43.1 Å². The topological polar surface area (TPSA) is 90.7 Å². The summed E-state index contributed by atoms with van der Waals surface area (Å²) in [6.07, 6.45) is 4.01. The molecule has 29 heavy (non-hydrogen) atoms. The van der Waals surface area contributed by atoms with Gasteiger partial charge in [-0.2, -0.15) is 5.10 Å². The van der Waals surface area contributed by atoms with Gasteiger partial charge in [0.25, 0.3) is 0 Å². The minimum absolute atomic E-state index is 0.167. The molecule has 156 valence electrons. The van der Waals surface area contributed by atoms with Gasteiger partial charge >= 0.3 is 0 Å². The Labute approximate surface area is 171 Å². The minimum Gasteiger partial charge on any atom is -0.357 e. The van der Waals surface area contributed by atoms with E-state index in [0.29, 0.717) is 25.5 Å². The largest absolute Gasteiger partial charge is 0.357 e. The minimum atomic E-state index is 0.167. The quantitative estimate of drug-likeness (QED) is 0.525. The normalized spacial score (nSPS) is 14.8. The lowest BCUT2D eigenvalue weighted by Gasteiger charge is -2.35. The summed E-state index contributed by atoms with van der Waals surface area (Å²) in [5.74, 6) is 1.85. The van der Waals surface area contributed by atoms with Crippen LogP contribution < -0.4 is 15.5 Å². The molecule has 1 aliphatic heterocycles. The van der Waals surface area contributed by atoms with Crippen LogP contribution in [0, 0.1) is 0 Å². The van der Waals surface area contributed by atoms with E-state index < -0.39 is 0 Å². The van der Waals surface area contributed by atoms with Crippen molar-refractivity contribution in [3.63, 3.8) is 0 Å². The molecule has 9 heteroatoms. The summed E-state index contributed by atoms with van der Waals surface area (Å²) in [7, 11) is 1.90. The first-order valence-electron chi connectivity index (χ1n) is 10.1. The number of amides is 1. The molecule has 0 saturated carbocycles. The van der Waals surface area contributed by atoms with Crippen LogP contribution >= 0.6 is 0 Å². The molecule has 1 aliphatic rings. The van der Waals surface area contributed by atoms with Crippen molar-refractivity contribution >= 4 is 17.7 Å². The second-order valence-corrected chi connectivity index (χ2v) is 6.87. The lowest BCUT2D eigenvalue weighted by atomic mass is 10.2. The molecule has 1 amide bonds. The Morgan fingerprint density at radius 3 is 2.62 bits per heavy atom. The van der Waals surface area contributed by atoms with Gasteiger partial charge in [-0.1, -0.05) is 6.07 Å². The van der Waals surface area contributed by atoms with Crippen LogP contribution in [0.4, 0.5) is 5.82 Å². The molecule has 2 aromatic heterocycles. The van der Waals surface area contributed by atoms with Crippen molar-refractivity contribution in [2.24, 2.45) is 12.0 Å². The van der Waals surface area contributed by atoms with E-state index in [1.165, 1.54) is 0 Å². The van der Waals surface area contributed by atoms with E-state index in [-0.39, 0.29) is 5.91 Å². The number of nitrogens with one attached hydrogen (secondary N) is 2. The van der Waals surface area contributed by atoms with E-state index in [2.05, 4.69) is 30.6 Å². The van der Waals surface area contributed by atoms with E-state index in [9.17, 15) is 4.79 Å². The maximum atomic E-state index is 12.5. The highest BCUT2D eigenvalue weighted by Gasteiger charge is 2.21. The molecular weight excluding hydrogens is 368 g/mol. The summed E-state index contributed by atoms with van der Waals surface area (Å²) in [4.78, 5) is 25.7. The molecule has 3 heterocycles. The third-order valence-electron chi connectivity index (χ3n) is 4.90. The van der Waals surface area contributed by atoms with Crippen LogP contribution in [0.15, 0.2) is 41.7 Å². The van der Waals surface area contributed by atoms with Crippen molar-refractivity contribution in [2.75, 3.05) is 44.2 Å². The number of aromatic nitrogens is 3. The number of pyridine rings is 1. The van der Waals surface area contributed by atoms with Gasteiger partial charge in [0.15, 0.2) is 5.96 Å². The summed E-state index contributed by atoms with van der Waals surface area (Å²) in [5.41, 5.74) is 1.03. The predicted octanol–water partition coefficient (Wildman–Crippen LogP) is 0.609. The maximum absolute atomic E-state index is 12.5. The number of carbonyl (C=O) groups is 1. The maximum Gasteiger partial charge on any atom is 0.224 e. The van der Waals surface area contributed by atoms with Crippen LogP contribution in [0.1, 0.15) is 19.0 Å².